The Morgan fingerprint density at radius 1 is 1.31 bits per heavy atom. The number of fused-ring (bicyclic) bond motifs is 1. The van der Waals surface area contributed by atoms with Crippen LogP contribution >= 0.6 is 24.8 Å². The number of nitrogens with one attached hydrogen (secondary N) is 1. The Morgan fingerprint density at radius 3 is 2.81 bits per heavy atom. The molecule has 0 aliphatic heterocycles. The molecule has 0 radical (unpaired) electrons. The molecule has 1 atom stereocenters. The van der Waals surface area contributed by atoms with Crippen LogP contribution in [0.5, 0.6) is 0 Å². The topological polar surface area (TPSA) is 98.7 Å². The lowest BCUT2D eigenvalue weighted by Gasteiger charge is -2.10. The summed E-state index contributed by atoms with van der Waals surface area (Å²) in [5.74, 6) is -0.0178. The molecular weight excluding hydrogens is 375 g/mol. The van der Waals surface area contributed by atoms with E-state index in [1.165, 1.54) is 0 Å². The van der Waals surface area contributed by atoms with Crippen molar-refractivity contribution in [3.63, 3.8) is 0 Å². The van der Waals surface area contributed by atoms with E-state index in [0.29, 0.717) is 24.5 Å². The number of rotatable bonds is 5. The largest absolute Gasteiger partial charge is 0.350 e. The lowest BCUT2D eigenvalue weighted by Crippen LogP contribution is -2.31. The van der Waals surface area contributed by atoms with Gasteiger partial charge in [0.25, 0.3) is 5.91 Å². The minimum absolute atomic E-state index is 0. The molecule has 0 saturated heterocycles. The second-order valence-corrected chi connectivity index (χ2v) is 5.86. The van der Waals surface area contributed by atoms with Gasteiger partial charge in [0.05, 0.1) is 11.4 Å². The zero-order chi connectivity index (χ0) is 17.1. The van der Waals surface area contributed by atoms with Gasteiger partial charge in [-0.05, 0) is 31.5 Å². The zero-order valence-corrected chi connectivity index (χ0v) is 16.2. The van der Waals surface area contributed by atoms with Crippen LogP contribution in [0.15, 0.2) is 36.7 Å². The third-order valence-electron chi connectivity index (χ3n) is 4.01. The maximum atomic E-state index is 12.3. The average Bonchev–Trinajstić information content (AvgIpc) is 3.00. The van der Waals surface area contributed by atoms with Crippen molar-refractivity contribution in [3.8, 4) is 5.69 Å². The van der Waals surface area contributed by atoms with Crippen LogP contribution in [0.2, 0.25) is 0 Å². The van der Waals surface area contributed by atoms with Gasteiger partial charge in [-0.1, -0.05) is 24.3 Å². The Balaban J connectivity index is 0.00000169. The summed E-state index contributed by atoms with van der Waals surface area (Å²) in [6, 6.07) is 7.79. The fraction of sp³-hybridized carbons (Fsp3) is 0.294. The molecule has 3 N–H and O–H groups in total. The number of aromatic nitrogens is 4. The molecule has 1 amide bonds. The van der Waals surface area contributed by atoms with E-state index < -0.39 is 0 Å². The highest BCUT2D eigenvalue weighted by Crippen LogP contribution is 2.22. The molecule has 7 nitrogen and oxygen atoms in total. The fourth-order valence-electron chi connectivity index (χ4n) is 2.49. The molecular formula is C17H22Cl2N6O. The summed E-state index contributed by atoms with van der Waals surface area (Å²) in [6.07, 6.45) is 3.53. The van der Waals surface area contributed by atoms with Crippen LogP contribution in [0.25, 0.3) is 16.5 Å². The van der Waals surface area contributed by atoms with E-state index >= 15 is 0 Å². The second-order valence-electron chi connectivity index (χ2n) is 5.86. The monoisotopic (exact) mass is 396 g/mol. The highest BCUT2D eigenvalue weighted by molar-refractivity contribution is 5.94. The molecule has 1 unspecified atom stereocenters. The van der Waals surface area contributed by atoms with E-state index in [9.17, 15) is 4.79 Å². The van der Waals surface area contributed by atoms with E-state index in [1.807, 2.05) is 38.1 Å². The minimum atomic E-state index is -0.235. The summed E-state index contributed by atoms with van der Waals surface area (Å²) in [6.45, 7) is 4.85. The number of amides is 1. The smallest absolute Gasteiger partial charge is 0.273 e. The quantitative estimate of drug-likeness (QED) is 0.688. The number of nitrogens with two attached hydrogens (primary N) is 1. The van der Waals surface area contributed by atoms with Gasteiger partial charge < -0.3 is 11.1 Å². The maximum absolute atomic E-state index is 12.3. The van der Waals surface area contributed by atoms with Gasteiger partial charge in [-0.25, -0.2) is 4.68 Å². The first-order chi connectivity index (χ1) is 11.6. The SMILES string of the molecule is Cc1c(C(=O)NCC(C)CN)nnn1-c1cccc2cnccc12.Cl.Cl. The number of hydrogen-bond acceptors (Lipinski definition) is 5. The number of halogens is 2. The van der Waals surface area contributed by atoms with Gasteiger partial charge in [0.1, 0.15) is 0 Å². The third-order valence-corrected chi connectivity index (χ3v) is 4.01. The predicted molar refractivity (Wildman–Crippen MR) is 106 cm³/mol. The van der Waals surface area contributed by atoms with Crippen LogP contribution < -0.4 is 11.1 Å². The standard InChI is InChI=1S/C17H20N6O.2ClH/c1-11(8-18)9-20-17(24)16-12(2)23(22-21-16)15-5-3-4-13-10-19-7-6-14(13)15;;/h3-7,10-11H,8-9,18H2,1-2H3,(H,20,24);2*1H. The van der Waals surface area contributed by atoms with Crippen LogP contribution in [0.3, 0.4) is 0 Å². The van der Waals surface area contributed by atoms with Crippen LogP contribution in [0.4, 0.5) is 0 Å². The van der Waals surface area contributed by atoms with Gasteiger partial charge in [-0.2, -0.15) is 0 Å². The lowest BCUT2D eigenvalue weighted by atomic mass is 10.1. The normalized spacial score (nSPS) is 11.3. The van der Waals surface area contributed by atoms with Crippen molar-refractivity contribution in [2.75, 3.05) is 13.1 Å². The molecule has 1 aromatic carbocycles. The number of benzene rings is 1. The molecule has 140 valence electrons. The predicted octanol–water partition coefficient (Wildman–Crippen LogP) is 2.29. The van der Waals surface area contributed by atoms with Crippen molar-refractivity contribution in [1.29, 1.82) is 0 Å². The van der Waals surface area contributed by atoms with Crippen LogP contribution in [-0.2, 0) is 0 Å². The van der Waals surface area contributed by atoms with Gasteiger partial charge in [-0.3, -0.25) is 9.78 Å². The van der Waals surface area contributed by atoms with E-state index in [1.54, 1.807) is 17.1 Å². The first-order valence-electron chi connectivity index (χ1n) is 7.85. The Labute approximate surface area is 164 Å². The van der Waals surface area contributed by atoms with Crippen molar-refractivity contribution in [2.45, 2.75) is 13.8 Å². The summed E-state index contributed by atoms with van der Waals surface area (Å²) in [5.41, 5.74) is 7.46. The Kier molecular flexibility index (Phi) is 7.95. The Hall–Kier alpha value is -2.22. The highest BCUT2D eigenvalue weighted by Gasteiger charge is 2.18. The number of carbonyl (C=O) groups excluding carboxylic acids is 1. The Morgan fingerprint density at radius 2 is 2.08 bits per heavy atom. The average molecular weight is 397 g/mol. The lowest BCUT2D eigenvalue weighted by molar-refractivity contribution is 0.0943. The molecule has 2 aromatic heterocycles. The summed E-state index contributed by atoms with van der Waals surface area (Å²) in [5, 5.41) is 13.1. The van der Waals surface area contributed by atoms with Crippen molar-refractivity contribution in [1.82, 2.24) is 25.3 Å². The van der Waals surface area contributed by atoms with Gasteiger partial charge in [-0.15, -0.1) is 29.9 Å². The van der Waals surface area contributed by atoms with E-state index in [4.69, 9.17) is 5.73 Å². The summed E-state index contributed by atoms with van der Waals surface area (Å²) >= 11 is 0. The molecule has 2 heterocycles. The number of pyridine rings is 1. The first-order valence-corrected chi connectivity index (χ1v) is 7.85. The number of carbonyl (C=O) groups is 1. The van der Waals surface area contributed by atoms with Crippen molar-refractivity contribution >= 4 is 41.5 Å². The molecule has 0 aliphatic carbocycles. The second kappa shape index (κ2) is 9.47. The van der Waals surface area contributed by atoms with Crippen LogP contribution in [-0.4, -0.2) is 39.0 Å². The molecule has 9 heteroatoms. The van der Waals surface area contributed by atoms with Crippen LogP contribution in [0.1, 0.15) is 23.1 Å². The maximum Gasteiger partial charge on any atom is 0.273 e. The minimum Gasteiger partial charge on any atom is -0.350 e. The van der Waals surface area contributed by atoms with Gasteiger partial charge >= 0.3 is 0 Å². The number of hydrogen-bond donors (Lipinski definition) is 2. The van der Waals surface area contributed by atoms with E-state index in [2.05, 4.69) is 20.6 Å². The summed E-state index contributed by atoms with van der Waals surface area (Å²) < 4.78 is 1.68. The Bertz CT molecular complexity index is 877. The molecule has 0 fully saturated rings. The molecule has 0 saturated carbocycles. The molecule has 3 aromatic rings. The molecule has 0 aliphatic rings. The highest BCUT2D eigenvalue weighted by atomic mass is 35.5. The van der Waals surface area contributed by atoms with Gasteiger partial charge in [0, 0.05) is 29.7 Å². The fourth-order valence-corrected chi connectivity index (χ4v) is 2.49. The molecule has 26 heavy (non-hydrogen) atoms. The third kappa shape index (κ3) is 4.30. The van der Waals surface area contributed by atoms with Crippen LogP contribution in [0, 0.1) is 12.8 Å². The van der Waals surface area contributed by atoms with Gasteiger partial charge in [0.2, 0.25) is 0 Å². The van der Waals surface area contributed by atoms with Crippen molar-refractivity contribution < 1.29 is 4.79 Å². The first kappa shape index (κ1) is 21.8. The number of nitrogens with zero attached hydrogens (tertiary/aromatic N) is 4. The van der Waals surface area contributed by atoms with E-state index in [-0.39, 0.29) is 36.6 Å². The molecule has 0 spiro atoms. The summed E-state index contributed by atoms with van der Waals surface area (Å²) in [7, 11) is 0. The molecule has 0 bridgehead atoms. The van der Waals surface area contributed by atoms with Crippen molar-refractivity contribution in [3.05, 3.63) is 48.0 Å². The van der Waals surface area contributed by atoms with Gasteiger partial charge in [0.15, 0.2) is 5.69 Å². The zero-order valence-electron chi connectivity index (χ0n) is 14.5. The van der Waals surface area contributed by atoms with E-state index in [0.717, 1.165) is 16.5 Å². The molecule has 3 rings (SSSR count). The summed E-state index contributed by atoms with van der Waals surface area (Å²) in [4.78, 5) is 16.4. The van der Waals surface area contributed by atoms with Crippen molar-refractivity contribution in [2.24, 2.45) is 11.7 Å².